The van der Waals surface area contributed by atoms with Gasteiger partial charge in [0.05, 0.1) is 5.56 Å². The van der Waals surface area contributed by atoms with Gasteiger partial charge in [0.25, 0.3) is 5.91 Å². The fourth-order valence-corrected chi connectivity index (χ4v) is 3.51. The van der Waals surface area contributed by atoms with Gasteiger partial charge in [-0.2, -0.15) is 0 Å². The molecule has 1 N–H and O–H groups in total. The zero-order chi connectivity index (χ0) is 19.3. The number of benzene rings is 2. The van der Waals surface area contributed by atoms with Crippen molar-refractivity contribution in [2.45, 2.75) is 12.5 Å². The molecule has 1 atom stereocenters. The van der Waals surface area contributed by atoms with Crippen molar-refractivity contribution < 1.29 is 4.79 Å². The van der Waals surface area contributed by atoms with Crippen molar-refractivity contribution in [3.8, 4) is 0 Å². The van der Waals surface area contributed by atoms with E-state index in [1.54, 1.807) is 6.20 Å². The molecule has 1 aliphatic rings. The van der Waals surface area contributed by atoms with E-state index in [1.807, 2.05) is 77.5 Å². The highest BCUT2D eigenvalue weighted by Gasteiger charge is 2.27. The quantitative estimate of drug-likeness (QED) is 0.730. The largest absolute Gasteiger partial charge is 0.380 e. The number of likely N-dealkylation sites (tertiary alicyclic amines) is 1. The van der Waals surface area contributed by atoms with E-state index in [2.05, 4.69) is 22.4 Å². The first kappa shape index (κ1) is 18.0. The second-order valence-electron chi connectivity index (χ2n) is 7.05. The third-order valence-corrected chi connectivity index (χ3v) is 5.10. The van der Waals surface area contributed by atoms with Crippen LogP contribution in [0.2, 0.25) is 0 Å². The summed E-state index contributed by atoms with van der Waals surface area (Å²) in [6, 6.07) is 24.2. The molecule has 2 aromatic carbocycles. The number of pyridine rings is 1. The van der Waals surface area contributed by atoms with Crippen LogP contribution in [-0.4, -0.2) is 42.0 Å². The topological polar surface area (TPSA) is 48.5 Å². The summed E-state index contributed by atoms with van der Waals surface area (Å²) in [6.45, 7) is 1.47. The molecule has 1 saturated heterocycles. The number of anilines is 3. The predicted molar refractivity (Wildman–Crippen MR) is 113 cm³/mol. The molecule has 142 valence electrons. The first-order valence-electron chi connectivity index (χ1n) is 9.56. The van der Waals surface area contributed by atoms with Crippen LogP contribution < -0.4 is 10.2 Å². The Morgan fingerprint density at radius 2 is 1.75 bits per heavy atom. The smallest absolute Gasteiger partial charge is 0.255 e. The number of carbonyl (C=O) groups excluding carboxylic acids is 1. The van der Waals surface area contributed by atoms with Crippen LogP contribution in [0, 0.1) is 0 Å². The van der Waals surface area contributed by atoms with Gasteiger partial charge >= 0.3 is 0 Å². The second-order valence-corrected chi connectivity index (χ2v) is 7.05. The van der Waals surface area contributed by atoms with Gasteiger partial charge in [-0.15, -0.1) is 0 Å². The van der Waals surface area contributed by atoms with Gasteiger partial charge in [0.1, 0.15) is 5.82 Å². The molecule has 3 aromatic rings. The maximum absolute atomic E-state index is 12.8. The summed E-state index contributed by atoms with van der Waals surface area (Å²) in [4.78, 5) is 21.2. The number of nitrogens with zero attached hydrogens (tertiary/aromatic N) is 3. The summed E-state index contributed by atoms with van der Waals surface area (Å²) < 4.78 is 0. The Kier molecular flexibility index (Phi) is 5.24. The van der Waals surface area contributed by atoms with Crippen LogP contribution >= 0.6 is 0 Å². The first-order chi connectivity index (χ1) is 13.7. The number of rotatable bonds is 5. The van der Waals surface area contributed by atoms with Crippen molar-refractivity contribution in [2.75, 3.05) is 30.4 Å². The van der Waals surface area contributed by atoms with Crippen molar-refractivity contribution in [3.63, 3.8) is 0 Å². The Balaban J connectivity index is 1.39. The van der Waals surface area contributed by atoms with Gasteiger partial charge in [0, 0.05) is 43.8 Å². The zero-order valence-corrected chi connectivity index (χ0v) is 16.0. The molecule has 0 aliphatic carbocycles. The Bertz CT molecular complexity index is 912. The minimum Gasteiger partial charge on any atom is -0.380 e. The Labute approximate surface area is 165 Å². The number of carbonyl (C=O) groups is 1. The Morgan fingerprint density at radius 3 is 2.43 bits per heavy atom. The molecule has 5 nitrogen and oxygen atoms in total. The zero-order valence-electron chi connectivity index (χ0n) is 16.0. The molecule has 1 aromatic heterocycles. The molecule has 0 saturated carbocycles. The van der Waals surface area contributed by atoms with Gasteiger partial charge < -0.3 is 15.1 Å². The number of hydrogen-bond acceptors (Lipinski definition) is 4. The van der Waals surface area contributed by atoms with Crippen LogP contribution in [0.15, 0.2) is 79.0 Å². The molecular formula is C23H24N4O. The van der Waals surface area contributed by atoms with Crippen molar-refractivity contribution >= 4 is 23.1 Å². The molecule has 0 radical (unpaired) electrons. The van der Waals surface area contributed by atoms with Crippen molar-refractivity contribution in [1.82, 2.24) is 9.88 Å². The van der Waals surface area contributed by atoms with E-state index in [9.17, 15) is 4.79 Å². The van der Waals surface area contributed by atoms with Gasteiger partial charge in [-0.1, -0.05) is 36.4 Å². The SMILES string of the molecule is CN(c1ccccc1)c1ccc(C(=O)N2CC[C@@H](Nc3ccccc3)C2)cn1. The third-order valence-electron chi connectivity index (χ3n) is 5.10. The van der Waals surface area contributed by atoms with Gasteiger partial charge in [0.15, 0.2) is 0 Å². The molecular weight excluding hydrogens is 348 g/mol. The third kappa shape index (κ3) is 3.98. The Morgan fingerprint density at radius 1 is 1.04 bits per heavy atom. The summed E-state index contributed by atoms with van der Waals surface area (Å²) in [5.74, 6) is 0.853. The fourth-order valence-electron chi connectivity index (χ4n) is 3.51. The second kappa shape index (κ2) is 8.13. The van der Waals surface area contributed by atoms with Crippen molar-refractivity contribution in [1.29, 1.82) is 0 Å². The maximum Gasteiger partial charge on any atom is 0.255 e. The highest BCUT2D eigenvalue weighted by Crippen LogP contribution is 2.22. The fraction of sp³-hybridized carbons (Fsp3) is 0.217. The van der Waals surface area contributed by atoms with Crippen molar-refractivity contribution in [3.05, 3.63) is 84.6 Å². The summed E-state index contributed by atoms with van der Waals surface area (Å²) in [7, 11) is 1.97. The van der Waals surface area contributed by atoms with E-state index < -0.39 is 0 Å². The highest BCUT2D eigenvalue weighted by molar-refractivity contribution is 5.94. The van der Waals surface area contributed by atoms with Gasteiger partial charge in [-0.3, -0.25) is 4.79 Å². The van der Waals surface area contributed by atoms with Gasteiger partial charge in [-0.05, 0) is 42.8 Å². The van der Waals surface area contributed by atoms with Crippen LogP contribution in [0.5, 0.6) is 0 Å². The molecule has 0 unspecified atom stereocenters. The van der Waals surface area contributed by atoms with E-state index in [1.165, 1.54) is 0 Å². The molecule has 0 bridgehead atoms. The molecule has 5 heteroatoms. The average molecular weight is 372 g/mol. The number of para-hydroxylation sites is 2. The van der Waals surface area contributed by atoms with E-state index in [0.29, 0.717) is 12.1 Å². The van der Waals surface area contributed by atoms with Crippen LogP contribution in [0.4, 0.5) is 17.2 Å². The normalized spacial score (nSPS) is 16.0. The highest BCUT2D eigenvalue weighted by atomic mass is 16.2. The van der Waals surface area contributed by atoms with E-state index >= 15 is 0 Å². The number of nitrogens with one attached hydrogen (secondary N) is 1. The molecule has 1 fully saturated rings. The summed E-state index contributed by atoms with van der Waals surface area (Å²) >= 11 is 0. The van der Waals surface area contributed by atoms with Crippen LogP contribution in [0.3, 0.4) is 0 Å². The first-order valence-corrected chi connectivity index (χ1v) is 9.56. The minimum absolute atomic E-state index is 0.0405. The van der Waals surface area contributed by atoms with Crippen LogP contribution in [-0.2, 0) is 0 Å². The number of aromatic nitrogens is 1. The minimum atomic E-state index is 0.0405. The summed E-state index contributed by atoms with van der Waals surface area (Å²) in [5, 5.41) is 3.50. The van der Waals surface area contributed by atoms with E-state index in [0.717, 1.165) is 30.2 Å². The summed E-state index contributed by atoms with van der Waals surface area (Å²) in [5.41, 5.74) is 2.78. The Hall–Kier alpha value is -3.34. The molecule has 0 spiro atoms. The predicted octanol–water partition coefficient (Wildman–Crippen LogP) is 4.18. The maximum atomic E-state index is 12.8. The molecule has 1 aliphatic heterocycles. The number of hydrogen-bond donors (Lipinski definition) is 1. The van der Waals surface area contributed by atoms with Gasteiger partial charge in [-0.25, -0.2) is 4.98 Å². The molecule has 28 heavy (non-hydrogen) atoms. The summed E-state index contributed by atoms with van der Waals surface area (Å²) in [6.07, 6.45) is 2.62. The van der Waals surface area contributed by atoms with Crippen LogP contribution in [0.25, 0.3) is 0 Å². The van der Waals surface area contributed by atoms with Gasteiger partial charge in [0.2, 0.25) is 0 Å². The molecule has 4 rings (SSSR count). The molecule has 2 heterocycles. The van der Waals surface area contributed by atoms with Crippen molar-refractivity contribution in [2.24, 2.45) is 0 Å². The lowest BCUT2D eigenvalue weighted by atomic mass is 10.2. The lowest BCUT2D eigenvalue weighted by molar-refractivity contribution is 0.0791. The number of amides is 1. The van der Waals surface area contributed by atoms with E-state index in [-0.39, 0.29) is 11.9 Å². The lowest BCUT2D eigenvalue weighted by Gasteiger charge is -2.20. The lowest BCUT2D eigenvalue weighted by Crippen LogP contribution is -2.31. The standard InChI is InChI=1S/C23H24N4O/c1-26(21-10-6-3-7-11-21)22-13-12-18(16-24-22)23(28)27-15-14-20(17-27)25-19-8-4-2-5-9-19/h2-13,16,20,25H,14-15,17H2,1H3/t20-/m1/s1. The monoisotopic (exact) mass is 372 g/mol. The van der Waals surface area contributed by atoms with Crippen LogP contribution in [0.1, 0.15) is 16.8 Å². The average Bonchev–Trinajstić information content (AvgIpc) is 3.22. The molecule has 1 amide bonds. The van der Waals surface area contributed by atoms with E-state index in [4.69, 9.17) is 0 Å².